The zero-order chi connectivity index (χ0) is 18.6. The van der Waals surface area contributed by atoms with Crippen molar-refractivity contribution in [2.45, 2.75) is 62.8 Å². The number of likely N-dealkylation sites (tertiary alicyclic amines) is 1. The number of nitrogens with one attached hydrogen (secondary N) is 1. The summed E-state index contributed by atoms with van der Waals surface area (Å²) in [6.45, 7) is 3.95. The van der Waals surface area contributed by atoms with Crippen LogP contribution in [0.5, 0.6) is 0 Å². The maximum atomic E-state index is 12.6. The fraction of sp³-hybridized carbons (Fsp3) is 0.667. The number of aromatic nitrogens is 1. The summed E-state index contributed by atoms with van der Waals surface area (Å²) in [4.78, 5) is 20.6. The number of hydrogen-bond donors (Lipinski definition) is 0. The Hall–Kier alpha value is -1.74. The van der Waals surface area contributed by atoms with Crippen LogP contribution in [0.3, 0.4) is 0 Å². The molecule has 0 spiro atoms. The number of carbonyl (C=O) groups is 1. The summed E-state index contributed by atoms with van der Waals surface area (Å²) in [6, 6.07) is 2.45. The van der Waals surface area contributed by atoms with E-state index in [4.69, 9.17) is 0 Å². The summed E-state index contributed by atoms with van der Waals surface area (Å²) in [5.74, 6) is 1.84. The molecule has 2 aliphatic heterocycles. The van der Waals surface area contributed by atoms with Gasteiger partial charge in [-0.3, -0.25) is 9.69 Å². The van der Waals surface area contributed by atoms with E-state index in [1.165, 1.54) is 54.4 Å². The Morgan fingerprint density at radius 2 is 1.63 bits per heavy atom. The van der Waals surface area contributed by atoms with E-state index in [2.05, 4.69) is 16.0 Å². The van der Waals surface area contributed by atoms with Crippen LogP contribution in [0.4, 0.5) is 5.82 Å². The van der Waals surface area contributed by atoms with Crippen molar-refractivity contribution in [3.05, 3.63) is 16.7 Å². The number of nitriles is 1. The fourth-order valence-corrected chi connectivity index (χ4v) is 5.56. The largest absolute Gasteiger partial charge is 0.342 e. The minimum absolute atomic E-state index is 0.206. The quantitative estimate of drug-likeness (QED) is 0.748. The lowest BCUT2D eigenvalue weighted by Crippen LogP contribution is -2.37. The molecular weight excluding hydrogens is 356 g/mol. The zero-order valence-corrected chi connectivity index (χ0v) is 16.9. The van der Waals surface area contributed by atoms with Crippen LogP contribution in [0, 0.1) is 11.3 Å². The smallest absolute Gasteiger partial charge is 0.278 e. The highest BCUT2D eigenvalue weighted by Gasteiger charge is 2.31. The van der Waals surface area contributed by atoms with Crippen LogP contribution in [0.15, 0.2) is 5.03 Å². The number of rotatable bonds is 4. The summed E-state index contributed by atoms with van der Waals surface area (Å²) in [6.07, 6.45) is 10.3. The number of anilines is 1. The van der Waals surface area contributed by atoms with Gasteiger partial charge in [0.1, 0.15) is 11.6 Å². The lowest BCUT2D eigenvalue weighted by Gasteiger charge is -2.26. The second kappa shape index (κ2) is 8.52. The van der Waals surface area contributed by atoms with E-state index in [9.17, 15) is 10.1 Å². The lowest BCUT2D eigenvalue weighted by molar-refractivity contribution is -0.414. The van der Waals surface area contributed by atoms with Gasteiger partial charge in [0, 0.05) is 18.7 Å². The first-order valence-corrected chi connectivity index (χ1v) is 11.4. The average Bonchev–Trinajstić information content (AvgIpc) is 3.26. The molecule has 4 rings (SSSR count). The molecule has 1 amide bonds. The highest BCUT2D eigenvalue weighted by atomic mass is 32.2. The van der Waals surface area contributed by atoms with Crippen molar-refractivity contribution >= 4 is 23.5 Å². The molecule has 0 aromatic carbocycles. The van der Waals surface area contributed by atoms with E-state index >= 15 is 0 Å². The number of nitrogens with zero attached hydrogens (tertiary/aromatic N) is 3. The monoisotopic (exact) mass is 385 g/mol. The van der Waals surface area contributed by atoms with Gasteiger partial charge in [-0.05, 0) is 63.4 Å². The standard InChI is InChI=1S/C21H28N4OS/c22-14-18-16-8-2-3-9-17(16)20(25-12-6-7-13-25)23-21(18)27-15-19(26)24-10-4-1-5-11-24/h1-13,15H2/p+1. The molecule has 3 aliphatic rings. The van der Waals surface area contributed by atoms with E-state index in [1.807, 2.05) is 4.90 Å². The Bertz CT molecular complexity index is 746. The average molecular weight is 386 g/mol. The molecule has 1 aliphatic carbocycles. The molecule has 0 atom stereocenters. The fourth-order valence-electron chi connectivity index (χ4n) is 4.63. The van der Waals surface area contributed by atoms with Crippen molar-refractivity contribution < 1.29 is 9.78 Å². The molecule has 6 heteroatoms. The summed E-state index contributed by atoms with van der Waals surface area (Å²) in [5.41, 5.74) is 3.37. The van der Waals surface area contributed by atoms with Crippen LogP contribution in [0.25, 0.3) is 0 Å². The van der Waals surface area contributed by atoms with Gasteiger partial charge < -0.3 is 4.90 Å². The highest BCUT2D eigenvalue weighted by Crippen LogP contribution is 2.34. The summed E-state index contributed by atoms with van der Waals surface area (Å²) < 4.78 is 0. The summed E-state index contributed by atoms with van der Waals surface area (Å²) >= 11 is 1.52. The Morgan fingerprint density at radius 1 is 0.963 bits per heavy atom. The van der Waals surface area contributed by atoms with Gasteiger partial charge in [0.15, 0.2) is 5.03 Å². The molecule has 144 valence electrons. The molecule has 1 N–H and O–H groups in total. The number of fused-ring (bicyclic) bond motifs is 1. The van der Waals surface area contributed by atoms with Crippen molar-refractivity contribution in [2.24, 2.45) is 0 Å². The minimum atomic E-state index is 0.206. The molecule has 27 heavy (non-hydrogen) atoms. The zero-order valence-electron chi connectivity index (χ0n) is 16.1. The number of amides is 1. The second-order valence-electron chi connectivity index (χ2n) is 7.88. The van der Waals surface area contributed by atoms with E-state index < -0.39 is 0 Å². The minimum Gasteiger partial charge on any atom is -0.342 e. The van der Waals surface area contributed by atoms with Gasteiger partial charge in [-0.2, -0.15) is 5.26 Å². The first kappa shape index (κ1) is 18.6. The number of pyridine rings is 1. The Labute approximate surface area is 166 Å². The van der Waals surface area contributed by atoms with Crippen LogP contribution in [0.1, 0.15) is 61.6 Å². The SMILES string of the molecule is N#Cc1c(SCC(=O)N2CCCCC2)[nH+]c(N2CCCC2)c2c1CCCC2. The third-order valence-corrected chi connectivity index (χ3v) is 7.08. The number of piperidine rings is 1. The molecule has 0 bridgehead atoms. The maximum absolute atomic E-state index is 12.6. The normalized spacial score (nSPS) is 19.7. The predicted octanol–water partition coefficient (Wildman–Crippen LogP) is 2.96. The molecule has 2 fully saturated rings. The first-order valence-electron chi connectivity index (χ1n) is 10.4. The van der Waals surface area contributed by atoms with Crippen molar-refractivity contribution in [3.63, 3.8) is 0 Å². The van der Waals surface area contributed by atoms with Crippen LogP contribution in [-0.2, 0) is 17.6 Å². The molecule has 0 saturated carbocycles. The Morgan fingerprint density at radius 3 is 2.33 bits per heavy atom. The molecular formula is C21H29N4OS+. The van der Waals surface area contributed by atoms with Gasteiger partial charge in [-0.1, -0.05) is 11.8 Å². The van der Waals surface area contributed by atoms with Crippen molar-refractivity contribution in [1.29, 1.82) is 5.26 Å². The van der Waals surface area contributed by atoms with Gasteiger partial charge in [0.25, 0.3) is 5.82 Å². The number of H-pyrrole nitrogens is 1. The first-order chi connectivity index (χ1) is 13.3. The van der Waals surface area contributed by atoms with Gasteiger partial charge in [0.05, 0.1) is 18.8 Å². The summed E-state index contributed by atoms with van der Waals surface area (Å²) in [7, 11) is 0. The molecule has 0 radical (unpaired) electrons. The number of carbonyl (C=O) groups excluding carboxylic acids is 1. The topological polar surface area (TPSA) is 61.5 Å². The lowest BCUT2D eigenvalue weighted by atomic mass is 9.89. The van der Waals surface area contributed by atoms with Crippen molar-refractivity contribution in [2.75, 3.05) is 36.8 Å². The van der Waals surface area contributed by atoms with E-state index in [0.717, 1.165) is 68.9 Å². The molecule has 0 unspecified atom stereocenters. The van der Waals surface area contributed by atoms with Gasteiger partial charge >= 0.3 is 0 Å². The molecule has 2 saturated heterocycles. The summed E-state index contributed by atoms with van der Waals surface area (Å²) in [5, 5.41) is 10.7. The third kappa shape index (κ3) is 3.94. The highest BCUT2D eigenvalue weighted by molar-refractivity contribution is 7.99. The van der Waals surface area contributed by atoms with Gasteiger partial charge in [0.2, 0.25) is 5.91 Å². The second-order valence-corrected chi connectivity index (χ2v) is 8.86. The van der Waals surface area contributed by atoms with Crippen molar-refractivity contribution in [3.8, 4) is 6.07 Å². The Balaban J connectivity index is 1.60. The van der Waals surface area contributed by atoms with Crippen molar-refractivity contribution in [1.82, 2.24) is 4.90 Å². The van der Waals surface area contributed by atoms with E-state index in [0.29, 0.717) is 5.75 Å². The van der Waals surface area contributed by atoms with E-state index in [-0.39, 0.29) is 5.91 Å². The number of aromatic amines is 1. The molecule has 3 heterocycles. The van der Waals surface area contributed by atoms with E-state index in [1.54, 1.807) is 0 Å². The van der Waals surface area contributed by atoms with Crippen LogP contribution in [0.2, 0.25) is 0 Å². The number of thioether (sulfide) groups is 1. The Kier molecular flexibility index (Phi) is 5.87. The van der Waals surface area contributed by atoms with Crippen LogP contribution < -0.4 is 9.88 Å². The maximum Gasteiger partial charge on any atom is 0.278 e. The molecule has 1 aromatic rings. The van der Waals surface area contributed by atoms with Gasteiger partial charge in [-0.25, -0.2) is 4.98 Å². The molecule has 1 aromatic heterocycles. The third-order valence-electron chi connectivity index (χ3n) is 6.10. The predicted molar refractivity (Wildman–Crippen MR) is 107 cm³/mol. The van der Waals surface area contributed by atoms with Gasteiger partial charge in [-0.15, -0.1) is 0 Å². The molecule has 5 nitrogen and oxygen atoms in total. The van der Waals surface area contributed by atoms with Crippen LogP contribution in [-0.4, -0.2) is 42.7 Å². The van der Waals surface area contributed by atoms with Crippen LogP contribution >= 0.6 is 11.8 Å². The number of hydrogen-bond acceptors (Lipinski definition) is 4.